The standard InChI is InChI=1S/C87H160NO8P/c1-3-5-7-9-11-13-15-17-19-21-23-25-27-29-31-33-35-37-39-41-42-44-45-47-49-51-53-55-57-59-61-63-65-67-69-71-73-75-77-79-86(89)93-83-85(84-95-97(91,92)94-82-81-88)96-87(90)80-78-76-74-72-70-68-66-64-62-60-58-56-54-52-50-48-46-43-40-38-36-34-32-30-28-26-24-22-20-18-16-14-12-10-8-6-4-2/h6,8,12,14,18,20-21,23-24,26,30,32,36,38,85H,3-5,7,9-11,13,15-17,19,22,25,27-29,31,33-35,37,39-84,88H2,1-2H3,(H,91,92)/b8-6-,14-12-,20-18-,23-21-,26-24-,32-30-,38-36-. The van der Waals surface area contributed by atoms with E-state index in [0.717, 1.165) is 77.0 Å². The number of allylic oxidation sites excluding steroid dienone is 14. The first-order valence-corrected chi connectivity index (χ1v) is 43.6. The van der Waals surface area contributed by atoms with Gasteiger partial charge in [0.15, 0.2) is 6.10 Å². The number of unbranched alkanes of at least 4 members (excludes halogenated alkanes) is 53. The minimum atomic E-state index is -4.40. The second-order valence-electron chi connectivity index (χ2n) is 28.3. The van der Waals surface area contributed by atoms with E-state index in [4.69, 9.17) is 24.3 Å². The average Bonchev–Trinajstić information content (AvgIpc) is 2.17. The van der Waals surface area contributed by atoms with Crippen molar-refractivity contribution in [1.29, 1.82) is 0 Å². The first-order chi connectivity index (χ1) is 47.8. The fourth-order valence-corrected chi connectivity index (χ4v) is 13.3. The van der Waals surface area contributed by atoms with E-state index in [1.807, 2.05) is 0 Å². The molecule has 0 heterocycles. The molecule has 0 saturated heterocycles. The molecule has 2 unspecified atom stereocenters. The van der Waals surface area contributed by atoms with Crippen LogP contribution in [0.15, 0.2) is 85.1 Å². The Hall–Kier alpha value is -2.81. The second-order valence-corrected chi connectivity index (χ2v) is 29.8. The number of esters is 2. The number of hydrogen-bond acceptors (Lipinski definition) is 8. The summed E-state index contributed by atoms with van der Waals surface area (Å²) in [4.78, 5) is 35.5. The first-order valence-electron chi connectivity index (χ1n) is 42.1. The predicted octanol–water partition coefficient (Wildman–Crippen LogP) is 28.4. The molecule has 3 N–H and O–H groups in total. The molecule has 0 aromatic heterocycles. The molecule has 0 saturated carbocycles. The smallest absolute Gasteiger partial charge is 0.462 e. The van der Waals surface area contributed by atoms with Gasteiger partial charge in [0.05, 0.1) is 13.2 Å². The van der Waals surface area contributed by atoms with Gasteiger partial charge in [-0.2, -0.15) is 0 Å². The maximum absolute atomic E-state index is 12.8. The summed E-state index contributed by atoms with van der Waals surface area (Å²) in [6.07, 6.45) is 112. The fraction of sp³-hybridized carbons (Fsp3) is 0.816. The molecular formula is C87H160NO8P. The van der Waals surface area contributed by atoms with Crippen LogP contribution in [0, 0.1) is 0 Å². The zero-order valence-electron chi connectivity index (χ0n) is 64.1. The molecule has 9 nitrogen and oxygen atoms in total. The van der Waals surface area contributed by atoms with Gasteiger partial charge in [0, 0.05) is 19.4 Å². The predicted molar refractivity (Wildman–Crippen MR) is 422 cm³/mol. The van der Waals surface area contributed by atoms with Gasteiger partial charge in [-0.15, -0.1) is 0 Å². The van der Waals surface area contributed by atoms with E-state index in [9.17, 15) is 19.0 Å². The minimum Gasteiger partial charge on any atom is -0.462 e. The fourth-order valence-electron chi connectivity index (χ4n) is 12.6. The lowest BCUT2D eigenvalue weighted by molar-refractivity contribution is -0.161. The Kier molecular flexibility index (Phi) is 79.8. The quantitative estimate of drug-likeness (QED) is 0.0264. The Morgan fingerprint density at radius 3 is 0.856 bits per heavy atom. The molecule has 0 aliphatic heterocycles. The van der Waals surface area contributed by atoms with Gasteiger partial charge in [0.25, 0.3) is 0 Å². The van der Waals surface area contributed by atoms with Crippen LogP contribution >= 0.6 is 7.82 Å². The lowest BCUT2D eigenvalue weighted by Crippen LogP contribution is -2.29. The minimum absolute atomic E-state index is 0.0540. The summed E-state index contributed by atoms with van der Waals surface area (Å²) in [5, 5.41) is 0. The normalized spacial score (nSPS) is 13.2. The van der Waals surface area contributed by atoms with Crippen molar-refractivity contribution < 1.29 is 37.6 Å². The summed E-state index contributed by atoms with van der Waals surface area (Å²) < 4.78 is 33.3. The van der Waals surface area contributed by atoms with E-state index in [1.165, 1.54) is 315 Å². The van der Waals surface area contributed by atoms with Gasteiger partial charge in [-0.25, -0.2) is 4.57 Å². The second kappa shape index (κ2) is 82.1. The molecule has 0 rings (SSSR count). The molecule has 0 spiro atoms. The summed E-state index contributed by atoms with van der Waals surface area (Å²) in [5.74, 6) is -0.806. The summed E-state index contributed by atoms with van der Waals surface area (Å²) in [5.41, 5.74) is 5.42. The largest absolute Gasteiger partial charge is 0.472 e. The highest BCUT2D eigenvalue weighted by Gasteiger charge is 2.26. The van der Waals surface area contributed by atoms with Crippen molar-refractivity contribution in [2.45, 2.75) is 431 Å². The van der Waals surface area contributed by atoms with E-state index >= 15 is 0 Å². The molecule has 0 amide bonds. The lowest BCUT2D eigenvalue weighted by Gasteiger charge is -2.19. The van der Waals surface area contributed by atoms with E-state index in [-0.39, 0.29) is 38.6 Å². The van der Waals surface area contributed by atoms with E-state index < -0.39 is 26.5 Å². The highest BCUT2D eigenvalue weighted by atomic mass is 31.2. The molecule has 566 valence electrons. The molecule has 10 heteroatoms. The monoisotopic (exact) mass is 1380 g/mol. The van der Waals surface area contributed by atoms with Crippen molar-refractivity contribution >= 4 is 19.8 Å². The van der Waals surface area contributed by atoms with Gasteiger partial charge in [-0.3, -0.25) is 18.6 Å². The lowest BCUT2D eigenvalue weighted by atomic mass is 10.0. The number of carbonyl (C=O) groups excluding carboxylic acids is 2. The zero-order valence-corrected chi connectivity index (χ0v) is 65.0. The molecule has 0 aliphatic carbocycles. The first kappa shape index (κ1) is 94.2. The highest BCUT2D eigenvalue weighted by Crippen LogP contribution is 2.43. The van der Waals surface area contributed by atoms with Crippen molar-refractivity contribution in [3.63, 3.8) is 0 Å². The molecular weight excluding hydrogens is 1220 g/mol. The van der Waals surface area contributed by atoms with Crippen LogP contribution in [-0.2, 0) is 32.7 Å². The maximum atomic E-state index is 12.8. The molecule has 0 radical (unpaired) electrons. The van der Waals surface area contributed by atoms with Gasteiger partial charge in [-0.1, -0.05) is 407 Å². The summed E-state index contributed by atoms with van der Waals surface area (Å²) >= 11 is 0. The number of phosphoric acid groups is 1. The number of carbonyl (C=O) groups is 2. The number of ether oxygens (including phenoxy) is 2. The topological polar surface area (TPSA) is 134 Å². The third kappa shape index (κ3) is 82.0. The van der Waals surface area contributed by atoms with Crippen LogP contribution in [0.25, 0.3) is 0 Å². The number of nitrogens with two attached hydrogens (primary N) is 1. The molecule has 97 heavy (non-hydrogen) atoms. The van der Waals surface area contributed by atoms with Crippen LogP contribution in [0.2, 0.25) is 0 Å². The van der Waals surface area contributed by atoms with Gasteiger partial charge in [0.1, 0.15) is 6.61 Å². The third-order valence-electron chi connectivity index (χ3n) is 18.8. The molecule has 0 aromatic rings. The average molecular weight is 1380 g/mol. The number of rotatable bonds is 80. The Morgan fingerprint density at radius 2 is 0.567 bits per heavy atom. The van der Waals surface area contributed by atoms with Gasteiger partial charge < -0.3 is 20.1 Å². The van der Waals surface area contributed by atoms with Crippen molar-refractivity contribution in [3.8, 4) is 0 Å². The van der Waals surface area contributed by atoms with Crippen LogP contribution in [-0.4, -0.2) is 49.3 Å². The number of hydrogen-bond donors (Lipinski definition) is 2. The van der Waals surface area contributed by atoms with E-state index in [1.54, 1.807) is 0 Å². The van der Waals surface area contributed by atoms with Crippen molar-refractivity contribution in [2.75, 3.05) is 26.4 Å². The van der Waals surface area contributed by atoms with Crippen molar-refractivity contribution in [2.24, 2.45) is 5.73 Å². The van der Waals surface area contributed by atoms with Crippen molar-refractivity contribution in [1.82, 2.24) is 0 Å². The van der Waals surface area contributed by atoms with Gasteiger partial charge >= 0.3 is 19.8 Å². The Balaban J connectivity index is 3.75. The van der Waals surface area contributed by atoms with Crippen LogP contribution in [0.1, 0.15) is 425 Å². The van der Waals surface area contributed by atoms with Crippen LogP contribution in [0.3, 0.4) is 0 Å². The molecule has 0 aliphatic rings. The summed E-state index contributed by atoms with van der Waals surface area (Å²) in [6, 6.07) is 0. The Bertz CT molecular complexity index is 1870. The molecule has 0 bridgehead atoms. The SMILES string of the molecule is CC/C=C\C/C=C\C/C=C\C/C=C\C/C=C\C/C=C\CCCCCCCCCCCCCCCCCCCCC(=O)OC(COC(=O)CCCCCCCCCCCCCCCCCCCCCCCCCCCCC/C=C\CCCCCCCCCC)COP(=O)(O)OCCN. The maximum Gasteiger partial charge on any atom is 0.472 e. The van der Waals surface area contributed by atoms with Crippen LogP contribution in [0.4, 0.5) is 0 Å². The molecule has 0 fully saturated rings. The summed E-state index contributed by atoms with van der Waals surface area (Å²) in [6.45, 7) is 3.70. The Labute approximate surface area is 602 Å². The van der Waals surface area contributed by atoms with E-state index in [2.05, 4.69) is 98.9 Å². The zero-order chi connectivity index (χ0) is 70.0. The van der Waals surface area contributed by atoms with Gasteiger partial charge in [-0.05, 0) is 89.9 Å². The third-order valence-corrected chi connectivity index (χ3v) is 19.7. The number of phosphoric ester groups is 1. The van der Waals surface area contributed by atoms with Crippen LogP contribution < -0.4 is 5.73 Å². The van der Waals surface area contributed by atoms with Crippen molar-refractivity contribution in [3.05, 3.63) is 85.1 Å². The van der Waals surface area contributed by atoms with Crippen LogP contribution in [0.5, 0.6) is 0 Å². The molecule has 2 atom stereocenters. The highest BCUT2D eigenvalue weighted by molar-refractivity contribution is 7.47. The Morgan fingerprint density at radius 1 is 0.320 bits per heavy atom. The molecule has 0 aromatic carbocycles. The summed E-state index contributed by atoms with van der Waals surface area (Å²) in [7, 11) is -4.40. The van der Waals surface area contributed by atoms with Gasteiger partial charge in [0.2, 0.25) is 0 Å². The van der Waals surface area contributed by atoms with E-state index in [0.29, 0.717) is 6.42 Å².